The minimum Gasteiger partial charge on any atom is -0.449 e. The number of benzene rings is 1. The van der Waals surface area contributed by atoms with Crippen LogP contribution in [0.15, 0.2) is 29.2 Å². The Bertz CT molecular complexity index is 543. The molecular weight excluding hydrogens is 266 g/mol. The van der Waals surface area contributed by atoms with Crippen LogP contribution in [0.25, 0.3) is 0 Å². The van der Waals surface area contributed by atoms with Gasteiger partial charge in [0.25, 0.3) is 5.91 Å². The van der Waals surface area contributed by atoms with Crippen molar-refractivity contribution < 1.29 is 19.1 Å². The fourth-order valence-corrected chi connectivity index (χ4v) is 2.95. The Balaban J connectivity index is 2.40. The van der Waals surface area contributed by atoms with E-state index in [4.69, 9.17) is 4.74 Å². The first-order chi connectivity index (χ1) is 8.99. The number of fused-ring (bicyclic) bond motifs is 1. The number of imide groups is 1. The van der Waals surface area contributed by atoms with Crippen molar-refractivity contribution in [1.29, 1.82) is 0 Å². The average Bonchev–Trinajstić information content (AvgIpc) is 2.47. The zero-order valence-corrected chi connectivity index (χ0v) is 11.4. The number of thioether (sulfide) groups is 1. The molecule has 100 valence electrons. The predicted octanol–water partition coefficient (Wildman–Crippen LogP) is 1.67. The largest absolute Gasteiger partial charge is 0.449 e. The second kappa shape index (κ2) is 5.44. The first-order valence-electron chi connectivity index (χ1n) is 5.74. The Morgan fingerprint density at radius 3 is 2.63 bits per heavy atom. The predicted molar refractivity (Wildman–Crippen MR) is 69.6 cm³/mol. The van der Waals surface area contributed by atoms with Crippen LogP contribution in [0, 0.1) is 0 Å². The van der Waals surface area contributed by atoms with Crippen LogP contribution in [0.5, 0.6) is 0 Å². The molecule has 2 rings (SSSR count). The van der Waals surface area contributed by atoms with Gasteiger partial charge in [0.1, 0.15) is 0 Å². The number of ether oxygens (including phenoxy) is 1. The lowest BCUT2D eigenvalue weighted by molar-refractivity contribution is -0.144. The van der Waals surface area contributed by atoms with E-state index < -0.39 is 11.4 Å². The van der Waals surface area contributed by atoms with Gasteiger partial charge >= 0.3 is 5.97 Å². The quantitative estimate of drug-likeness (QED) is 0.732. The first kappa shape index (κ1) is 13.6. The van der Waals surface area contributed by atoms with E-state index in [9.17, 15) is 14.4 Å². The van der Waals surface area contributed by atoms with Crippen molar-refractivity contribution in [3.63, 3.8) is 0 Å². The van der Waals surface area contributed by atoms with Gasteiger partial charge in [0.15, 0.2) is 5.44 Å². The van der Waals surface area contributed by atoms with Gasteiger partial charge in [-0.05, 0) is 12.1 Å². The molecule has 0 spiro atoms. The number of hydrogen-bond acceptors (Lipinski definition) is 5. The monoisotopic (exact) mass is 279 g/mol. The highest BCUT2D eigenvalue weighted by Crippen LogP contribution is 2.32. The standard InChI is InChI=1S/C13H13NO4S/c1-8(15)14-7-12(18-9(2)16)19-11-6-4-3-5-10(11)13(14)17/h3-6,12H,7H2,1-2H3. The summed E-state index contributed by atoms with van der Waals surface area (Å²) in [5.74, 6) is -1.16. The molecule has 0 radical (unpaired) electrons. The van der Waals surface area contributed by atoms with Gasteiger partial charge in [-0.25, -0.2) is 0 Å². The maximum atomic E-state index is 12.3. The maximum Gasteiger partial charge on any atom is 0.303 e. The highest BCUT2D eigenvalue weighted by molar-refractivity contribution is 8.00. The summed E-state index contributed by atoms with van der Waals surface area (Å²) in [5.41, 5.74) is -0.119. The van der Waals surface area contributed by atoms with Crippen LogP contribution < -0.4 is 0 Å². The summed E-state index contributed by atoms with van der Waals surface area (Å²) >= 11 is 1.27. The summed E-state index contributed by atoms with van der Waals surface area (Å²) in [4.78, 5) is 36.7. The van der Waals surface area contributed by atoms with E-state index in [1.165, 1.54) is 25.6 Å². The van der Waals surface area contributed by atoms with Gasteiger partial charge in [0.2, 0.25) is 5.91 Å². The van der Waals surface area contributed by atoms with Crippen LogP contribution in [0.1, 0.15) is 24.2 Å². The molecule has 0 bridgehead atoms. The number of carbonyl (C=O) groups is 3. The third-order valence-electron chi connectivity index (χ3n) is 2.63. The molecule has 5 nitrogen and oxygen atoms in total. The van der Waals surface area contributed by atoms with Crippen LogP contribution in [0.2, 0.25) is 0 Å². The SMILES string of the molecule is CC(=O)OC1CN(C(C)=O)C(=O)c2ccccc2S1. The lowest BCUT2D eigenvalue weighted by Gasteiger charge is -2.20. The summed E-state index contributed by atoms with van der Waals surface area (Å²) in [5, 5.41) is 0. The Hall–Kier alpha value is -1.82. The lowest BCUT2D eigenvalue weighted by atomic mass is 10.2. The number of hydrogen-bond donors (Lipinski definition) is 0. The molecule has 1 aromatic carbocycles. The zero-order valence-electron chi connectivity index (χ0n) is 10.6. The van der Waals surface area contributed by atoms with E-state index in [1.54, 1.807) is 24.3 Å². The second-order valence-corrected chi connectivity index (χ2v) is 5.29. The highest BCUT2D eigenvalue weighted by Gasteiger charge is 2.31. The molecule has 2 amide bonds. The summed E-state index contributed by atoms with van der Waals surface area (Å²) in [7, 11) is 0. The lowest BCUT2D eigenvalue weighted by Crippen LogP contribution is -2.39. The molecule has 1 aliphatic heterocycles. The van der Waals surface area contributed by atoms with E-state index in [0.29, 0.717) is 10.5 Å². The van der Waals surface area contributed by atoms with Crippen LogP contribution in [0.3, 0.4) is 0 Å². The van der Waals surface area contributed by atoms with E-state index in [2.05, 4.69) is 0 Å². The van der Waals surface area contributed by atoms with E-state index in [0.717, 1.165) is 4.90 Å². The van der Waals surface area contributed by atoms with Crippen LogP contribution in [-0.2, 0) is 14.3 Å². The van der Waals surface area contributed by atoms with Crippen molar-refractivity contribution in [2.45, 2.75) is 24.2 Å². The number of nitrogens with zero attached hydrogens (tertiary/aromatic N) is 1. The Morgan fingerprint density at radius 1 is 1.32 bits per heavy atom. The molecule has 0 saturated heterocycles. The fourth-order valence-electron chi connectivity index (χ4n) is 1.82. The highest BCUT2D eigenvalue weighted by atomic mass is 32.2. The van der Waals surface area contributed by atoms with Crippen molar-refractivity contribution in [3.05, 3.63) is 29.8 Å². The summed E-state index contributed by atoms with van der Waals surface area (Å²) < 4.78 is 5.13. The number of esters is 1. The van der Waals surface area contributed by atoms with Crippen LogP contribution in [0.4, 0.5) is 0 Å². The topological polar surface area (TPSA) is 63.7 Å². The van der Waals surface area contributed by atoms with Crippen LogP contribution >= 0.6 is 11.8 Å². The van der Waals surface area contributed by atoms with Gasteiger partial charge in [-0.3, -0.25) is 19.3 Å². The molecule has 1 atom stereocenters. The third kappa shape index (κ3) is 2.96. The molecule has 1 aromatic rings. The van der Waals surface area contributed by atoms with Crippen molar-refractivity contribution in [1.82, 2.24) is 4.90 Å². The number of amides is 2. The minimum absolute atomic E-state index is 0.0626. The fraction of sp³-hybridized carbons (Fsp3) is 0.308. The number of carbonyl (C=O) groups excluding carboxylic acids is 3. The molecule has 0 aliphatic carbocycles. The Labute approximate surface area is 114 Å². The van der Waals surface area contributed by atoms with Gasteiger partial charge in [0, 0.05) is 18.7 Å². The van der Waals surface area contributed by atoms with Gasteiger partial charge < -0.3 is 4.74 Å². The molecule has 0 aromatic heterocycles. The number of rotatable bonds is 1. The Morgan fingerprint density at radius 2 is 2.00 bits per heavy atom. The Kier molecular flexibility index (Phi) is 3.90. The summed E-state index contributed by atoms with van der Waals surface area (Å²) in [6, 6.07) is 6.98. The molecule has 1 unspecified atom stereocenters. The van der Waals surface area contributed by atoms with E-state index in [1.807, 2.05) is 0 Å². The molecule has 6 heteroatoms. The van der Waals surface area contributed by atoms with E-state index >= 15 is 0 Å². The van der Waals surface area contributed by atoms with Crippen molar-refractivity contribution >= 4 is 29.5 Å². The second-order valence-electron chi connectivity index (χ2n) is 4.09. The molecule has 0 fully saturated rings. The average molecular weight is 279 g/mol. The van der Waals surface area contributed by atoms with Gasteiger partial charge in [0.05, 0.1) is 12.1 Å². The van der Waals surface area contributed by atoms with Crippen molar-refractivity contribution in [2.24, 2.45) is 0 Å². The zero-order chi connectivity index (χ0) is 14.0. The van der Waals surface area contributed by atoms with Gasteiger partial charge in [-0.2, -0.15) is 0 Å². The molecular formula is C13H13NO4S. The van der Waals surface area contributed by atoms with Crippen molar-refractivity contribution in [2.75, 3.05) is 6.54 Å². The molecule has 19 heavy (non-hydrogen) atoms. The van der Waals surface area contributed by atoms with E-state index in [-0.39, 0.29) is 18.4 Å². The molecule has 1 heterocycles. The first-order valence-corrected chi connectivity index (χ1v) is 6.62. The molecule has 0 saturated carbocycles. The van der Waals surface area contributed by atoms with Crippen LogP contribution in [-0.4, -0.2) is 34.7 Å². The summed E-state index contributed by atoms with van der Waals surface area (Å²) in [6.45, 7) is 2.69. The smallest absolute Gasteiger partial charge is 0.303 e. The maximum absolute atomic E-state index is 12.3. The van der Waals surface area contributed by atoms with Gasteiger partial charge in [-0.1, -0.05) is 23.9 Å². The third-order valence-corrected chi connectivity index (χ3v) is 3.75. The molecule has 1 aliphatic rings. The summed E-state index contributed by atoms with van der Waals surface area (Å²) in [6.07, 6.45) is 0. The normalized spacial score (nSPS) is 18.5. The molecule has 0 N–H and O–H groups in total. The minimum atomic E-state index is -0.575. The van der Waals surface area contributed by atoms with Crippen molar-refractivity contribution in [3.8, 4) is 0 Å². The van der Waals surface area contributed by atoms with Gasteiger partial charge in [-0.15, -0.1) is 0 Å².